The van der Waals surface area contributed by atoms with E-state index in [0.29, 0.717) is 0 Å². The second-order valence-electron chi connectivity index (χ2n) is 4.95. The molecule has 0 aliphatic carbocycles. The Morgan fingerprint density at radius 2 is 2.12 bits per heavy atom. The fourth-order valence-corrected chi connectivity index (χ4v) is 1.95. The second-order valence-corrected chi connectivity index (χ2v) is 6.06. The lowest BCUT2D eigenvalue weighted by Gasteiger charge is -2.20. The highest BCUT2D eigenvalue weighted by molar-refractivity contribution is 7.99. The fraction of sp³-hybridized carbons (Fsp3) is 0.615. The zero-order valence-electron chi connectivity index (χ0n) is 11.1. The van der Waals surface area contributed by atoms with Crippen molar-refractivity contribution >= 4 is 11.8 Å². The minimum Gasteiger partial charge on any atom is -0.384 e. The third-order valence-electron chi connectivity index (χ3n) is 2.16. The zero-order valence-corrected chi connectivity index (χ0v) is 11.9. The molecule has 0 bridgehead atoms. The van der Waals surface area contributed by atoms with Gasteiger partial charge in [-0.15, -0.1) is 11.8 Å². The Kier molecular flexibility index (Phi) is 5.95. The predicted octanol–water partition coefficient (Wildman–Crippen LogP) is 2.71. The third kappa shape index (κ3) is 6.66. The number of nitrogens with zero attached hydrogens (tertiary/aromatic N) is 1. The van der Waals surface area contributed by atoms with Crippen LogP contribution < -0.4 is 5.32 Å². The molecule has 0 fully saturated rings. The Morgan fingerprint density at radius 1 is 1.35 bits per heavy atom. The zero-order chi connectivity index (χ0) is 12.7. The summed E-state index contributed by atoms with van der Waals surface area (Å²) >= 11 is 1.72. The number of hydrogen-bond acceptors (Lipinski definition) is 4. The van der Waals surface area contributed by atoms with Crippen LogP contribution in [0.5, 0.6) is 0 Å². The van der Waals surface area contributed by atoms with E-state index in [1.165, 1.54) is 5.56 Å². The molecule has 0 aliphatic rings. The summed E-state index contributed by atoms with van der Waals surface area (Å²) in [7, 11) is 1.72. The Bertz CT molecular complexity index is 319. The van der Waals surface area contributed by atoms with E-state index in [9.17, 15) is 0 Å². The summed E-state index contributed by atoms with van der Waals surface area (Å²) < 4.78 is 5.00. The molecule has 1 heterocycles. The van der Waals surface area contributed by atoms with Gasteiger partial charge in [-0.1, -0.05) is 6.07 Å². The van der Waals surface area contributed by atoms with E-state index in [2.05, 4.69) is 43.2 Å². The van der Waals surface area contributed by atoms with E-state index in [0.717, 1.165) is 23.9 Å². The van der Waals surface area contributed by atoms with Gasteiger partial charge in [0.05, 0.1) is 11.6 Å². The van der Waals surface area contributed by atoms with Crippen LogP contribution in [0.25, 0.3) is 0 Å². The van der Waals surface area contributed by atoms with E-state index >= 15 is 0 Å². The number of nitrogens with one attached hydrogen (secondary N) is 1. The Labute approximate surface area is 108 Å². The van der Waals surface area contributed by atoms with Crippen LogP contribution in [0, 0.1) is 0 Å². The Morgan fingerprint density at radius 3 is 2.65 bits per heavy atom. The van der Waals surface area contributed by atoms with Crippen molar-refractivity contribution in [2.45, 2.75) is 37.9 Å². The van der Waals surface area contributed by atoms with Crippen LogP contribution in [-0.2, 0) is 11.3 Å². The minimum atomic E-state index is 0.145. The summed E-state index contributed by atoms with van der Waals surface area (Å²) in [5.74, 6) is 0.948. The molecule has 1 aromatic rings. The molecule has 0 spiro atoms. The first-order chi connectivity index (χ1) is 8.01. The van der Waals surface area contributed by atoms with E-state index in [1.807, 2.05) is 6.20 Å². The number of aromatic nitrogens is 1. The van der Waals surface area contributed by atoms with Crippen molar-refractivity contribution in [1.82, 2.24) is 10.3 Å². The quantitative estimate of drug-likeness (QED) is 0.625. The summed E-state index contributed by atoms with van der Waals surface area (Å²) in [6.07, 6.45) is 1.94. The molecule has 0 radical (unpaired) electrons. The highest BCUT2D eigenvalue weighted by Gasteiger charge is 2.08. The highest BCUT2D eigenvalue weighted by atomic mass is 32.2. The molecule has 0 saturated carbocycles. The molecule has 1 aromatic heterocycles. The first-order valence-corrected chi connectivity index (χ1v) is 6.81. The molecule has 0 atom stereocenters. The molecule has 1 rings (SSSR count). The molecule has 0 aliphatic heterocycles. The van der Waals surface area contributed by atoms with Crippen LogP contribution in [0.2, 0.25) is 0 Å². The first kappa shape index (κ1) is 14.5. The number of thioether (sulfide) groups is 1. The summed E-state index contributed by atoms with van der Waals surface area (Å²) in [5, 5.41) is 4.50. The predicted molar refractivity (Wildman–Crippen MR) is 73.4 cm³/mol. The summed E-state index contributed by atoms with van der Waals surface area (Å²) in [4.78, 5) is 4.42. The largest absolute Gasteiger partial charge is 0.384 e. The van der Waals surface area contributed by atoms with Gasteiger partial charge < -0.3 is 10.1 Å². The molecule has 96 valence electrons. The van der Waals surface area contributed by atoms with Crippen molar-refractivity contribution in [3.05, 3.63) is 23.9 Å². The molecule has 0 aromatic carbocycles. The van der Waals surface area contributed by atoms with Gasteiger partial charge in [-0.3, -0.25) is 0 Å². The number of hydrogen-bond donors (Lipinski definition) is 1. The monoisotopic (exact) mass is 254 g/mol. The average molecular weight is 254 g/mol. The second kappa shape index (κ2) is 6.99. The van der Waals surface area contributed by atoms with Crippen molar-refractivity contribution in [3.8, 4) is 0 Å². The van der Waals surface area contributed by atoms with Gasteiger partial charge in [0.1, 0.15) is 0 Å². The SMILES string of the molecule is COCCSc1ccc(CNC(C)(C)C)cn1. The van der Waals surface area contributed by atoms with Gasteiger partial charge in [0, 0.05) is 31.1 Å². The maximum absolute atomic E-state index is 5.00. The van der Waals surface area contributed by atoms with E-state index in [1.54, 1.807) is 18.9 Å². The van der Waals surface area contributed by atoms with Gasteiger partial charge >= 0.3 is 0 Å². The number of ether oxygens (including phenoxy) is 1. The average Bonchev–Trinajstić information content (AvgIpc) is 2.27. The van der Waals surface area contributed by atoms with Crippen LogP contribution in [0.1, 0.15) is 26.3 Å². The van der Waals surface area contributed by atoms with Gasteiger partial charge in [-0.05, 0) is 32.4 Å². The lowest BCUT2D eigenvalue weighted by atomic mass is 10.1. The maximum Gasteiger partial charge on any atom is 0.0960 e. The Balaban J connectivity index is 2.39. The molecular weight excluding hydrogens is 232 g/mol. The number of methoxy groups -OCH3 is 1. The lowest BCUT2D eigenvalue weighted by molar-refractivity contribution is 0.218. The van der Waals surface area contributed by atoms with E-state index in [4.69, 9.17) is 4.74 Å². The van der Waals surface area contributed by atoms with Crippen molar-refractivity contribution in [1.29, 1.82) is 0 Å². The molecule has 1 N–H and O–H groups in total. The van der Waals surface area contributed by atoms with Gasteiger partial charge in [0.15, 0.2) is 0 Å². The summed E-state index contributed by atoms with van der Waals surface area (Å²) in [6, 6.07) is 4.20. The summed E-state index contributed by atoms with van der Waals surface area (Å²) in [6.45, 7) is 8.11. The van der Waals surface area contributed by atoms with Gasteiger partial charge in [-0.2, -0.15) is 0 Å². The van der Waals surface area contributed by atoms with Gasteiger partial charge in [-0.25, -0.2) is 4.98 Å². The molecule has 3 nitrogen and oxygen atoms in total. The van der Waals surface area contributed by atoms with Crippen LogP contribution in [0.4, 0.5) is 0 Å². The molecule has 0 amide bonds. The van der Waals surface area contributed by atoms with E-state index in [-0.39, 0.29) is 5.54 Å². The number of rotatable bonds is 6. The van der Waals surface area contributed by atoms with Gasteiger partial charge in [0.2, 0.25) is 0 Å². The topological polar surface area (TPSA) is 34.1 Å². The van der Waals surface area contributed by atoms with E-state index < -0.39 is 0 Å². The van der Waals surface area contributed by atoms with Crippen LogP contribution in [0.15, 0.2) is 23.4 Å². The van der Waals surface area contributed by atoms with Crippen LogP contribution in [0.3, 0.4) is 0 Å². The van der Waals surface area contributed by atoms with Crippen molar-refractivity contribution in [3.63, 3.8) is 0 Å². The highest BCUT2D eigenvalue weighted by Crippen LogP contribution is 2.15. The number of pyridine rings is 1. The Hall–Kier alpha value is -0.580. The van der Waals surface area contributed by atoms with Crippen molar-refractivity contribution < 1.29 is 4.74 Å². The van der Waals surface area contributed by atoms with Crippen molar-refractivity contribution in [2.24, 2.45) is 0 Å². The molecule has 4 heteroatoms. The fourth-order valence-electron chi connectivity index (χ4n) is 1.20. The molecule has 17 heavy (non-hydrogen) atoms. The molecular formula is C13H22N2OS. The maximum atomic E-state index is 5.00. The third-order valence-corrected chi connectivity index (χ3v) is 3.07. The lowest BCUT2D eigenvalue weighted by Crippen LogP contribution is -2.35. The molecule has 0 saturated heterocycles. The first-order valence-electron chi connectivity index (χ1n) is 5.83. The van der Waals surface area contributed by atoms with Gasteiger partial charge in [0.25, 0.3) is 0 Å². The smallest absolute Gasteiger partial charge is 0.0960 e. The minimum absolute atomic E-state index is 0.145. The van der Waals surface area contributed by atoms with Crippen LogP contribution >= 0.6 is 11.8 Å². The molecule has 0 unspecified atom stereocenters. The normalized spacial score (nSPS) is 11.8. The summed E-state index contributed by atoms with van der Waals surface area (Å²) in [5.41, 5.74) is 1.36. The van der Waals surface area contributed by atoms with Crippen molar-refractivity contribution in [2.75, 3.05) is 19.5 Å². The van der Waals surface area contributed by atoms with Crippen LogP contribution in [-0.4, -0.2) is 30.0 Å². The standard InChI is InChI=1S/C13H22N2OS/c1-13(2,3)15-10-11-5-6-12(14-9-11)17-8-7-16-4/h5-6,9,15H,7-8,10H2,1-4H3.